The Balaban J connectivity index is 2.73. The zero-order valence-corrected chi connectivity index (χ0v) is 8.51. The summed E-state index contributed by atoms with van der Waals surface area (Å²) in [6.07, 6.45) is -4.67. The van der Waals surface area contributed by atoms with Crippen LogP contribution in [0.15, 0.2) is 23.0 Å². The Labute approximate surface area is 93.3 Å². The second-order valence-corrected chi connectivity index (χ2v) is 3.47. The summed E-state index contributed by atoms with van der Waals surface area (Å²) in [5, 5.41) is 0.0981. The molecule has 0 bridgehead atoms. The van der Waals surface area contributed by atoms with Gasteiger partial charge in [-0.3, -0.25) is 4.79 Å². The first-order valence-corrected chi connectivity index (χ1v) is 4.72. The zero-order chi connectivity index (χ0) is 12.6. The number of benzene rings is 1. The number of nitrogens with zero attached hydrogens (tertiary/aromatic N) is 1. The van der Waals surface area contributed by atoms with Crippen molar-refractivity contribution in [3.63, 3.8) is 0 Å². The first kappa shape index (κ1) is 11.6. The van der Waals surface area contributed by atoms with Gasteiger partial charge in [0.25, 0.3) is 5.56 Å². The molecule has 0 fully saturated rings. The molecular weight excluding hydrogens is 235 g/mol. The molecule has 1 heterocycles. The van der Waals surface area contributed by atoms with Crippen LogP contribution in [-0.4, -0.2) is 9.97 Å². The van der Waals surface area contributed by atoms with Gasteiger partial charge in [-0.05, 0) is 17.7 Å². The lowest BCUT2D eigenvalue weighted by atomic mass is 10.1. The maximum Gasteiger partial charge on any atom is 0.449 e. The van der Waals surface area contributed by atoms with Crippen LogP contribution >= 0.6 is 0 Å². The van der Waals surface area contributed by atoms with Crippen molar-refractivity contribution in [2.45, 2.75) is 12.7 Å². The van der Waals surface area contributed by atoms with Crippen molar-refractivity contribution >= 4 is 10.9 Å². The summed E-state index contributed by atoms with van der Waals surface area (Å²) in [5.41, 5.74) is 5.21. The molecule has 0 radical (unpaired) electrons. The highest BCUT2D eigenvalue weighted by molar-refractivity contribution is 5.78. The number of halogens is 3. The van der Waals surface area contributed by atoms with E-state index in [0.717, 1.165) is 0 Å². The molecule has 0 atom stereocenters. The molecule has 0 aliphatic carbocycles. The van der Waals surface area contributed by atoms with E-state index in [1.807, 2.05) is 0 Å². The van der Waals surface area contributed by atoms with Gasteiger partial charge < -0.3 is 10.7 Å². The van der Waals surface area contributed by atoms with Crippen LogP contribution in [0.25, 0.3) is 10.9 Å². The Bertz CT molecular complexity index is 618. The van der Waals surface area contributed by atoms with Crippen molar-refractivity contribution in [2.24, 2.45) is 5.73 Å². The van der Waals surface area contributed by atoms with Gasteiger partial charge >= 0.3 is 6.18 Å². The van der Waals surface area contributed by atoms with Gasteiger partial charge in [-0.15, -0.1) is 0 Å². The third kappa shape index (κ3) is 2.14. The normalized spacial score (nSPS) is 12.0. The van der Waals surface area contributed by atoms with E-state index in [1.165, 1.54) is 18.2 Å². The third-order valence-corrected chi connectivity index (χ3v) is 2.27. The SMILES string of the molecule is NCc1ccc2nc(C(F)(F)F)[nH]c(=O)c2c1. The van der Waals surface area contributed by atoms with Crippen molar-refractivity contribution in [1.82, 2.24) is 9.97 Å². The standard InChI is InChI=1S/C10H8F3N3O/c11-10(12,13)9-15-7-2-1-5(4-14)3-6(7)8(17)16-9/h1-3H,4,14H2,(H,15,16,17). The highest BCUT2D eigenvalue weighted by Crippen LogP contribution is 2.26. The van der Waals surface area contributed by atoms with E-state index in [4.69, 9.17) is 5.73 Å². The van der Waals surface area contributed by atoms with E-state index in [9.17, 15) is 18.0 Å². The fourth-order valence-electron chi connectivity index (χ4n) is 1.45. The lowest BCUT2D eigenvalue weighted by Gasteiger charge is -2.06. The van der Waals surface area contributed by atoms with Gasteiger partial charge in [0, 0.05) is 6.54 Å². The van der Waals surface area contributed by atoms with Gasteiger partial charge in [-0.2, -0.15) is 13.2 Å². The van der Waals surface area contributed by atoms with Crippen LogP contribution in [0.3, 0.4) is 0 Å². The maximum atomic E-state index is 12.4. The van der Waals surface area contributed by atoms with Gasteiger partial charge in [0.1, 0.15) is 0 Å². The third-order valence-electron chi connectivity index (χ3n) is 2.27. The number of aromatic amines is 1. The molecule has 2 aromatic rings. The Morgan fingerprint density at radius 2 is 2.06 bits per heavy atom. The molecule has 90 valence electrons. The lowest BCUT2D eigenvalue weighted by molar-refractivity contribution is -0.144. The van der Waals surface area contributed by atoms with Crippen LogP contribution in [0.2, 0.25) is 0 Å². The average Bonchev–Trinajstić information content (AvgIpc) is 2.27. The number of rotatable bonds is 1. The van der Waals surface area contributed by atoms with Crippen LogP contribution in [0.1, 0.15) is 11.4 Å². The molecule has 3 N–H and O–H groups in total. The van der Waals surface area contributed by atoms with Gasteiger partial charge in [0.15, 0.2) is 0 Å². The van der Waals surface area contributed by atoms with Gasteiger partial charge in [0.2, 0.25) is 5.82 Å². The Hall–Kier alpha value is -1.89. The van der Waals surface area contributed by atoms with E-state index in [1.54, 1.807) is 4.98 Å². The van der Waals surface area contributed by atoms with Gasteiger partial charge in [-0.1, -0.05) is 6.07 Å². The van der Waals surface area contributed by atoms with Crippen molar-refractivity contribution in [3.05, 3.63) is 39.9 Å². The highest BCUT2D eigenvalue weighted by atomic mass is 19.4. The summed E-state index contributed by atoms with van der Waals surface area (Å²) >= 11 is 0. The number of aromatic nitrogens is 2. The predicted molar refractivity (Wildman–Crippen MR) is 55.3 cm³/mol. The topological polar surface area (TPSA) is 71.8 Å². The number of alkyl halides is 3. The van der Waals surface area contributed by atoms with Crippen molar-refractivity contribution in [1.29, 1.82) is 0 Å². The molecule has 0 unspecified atom stereocenters. The monoisotopic (exact) mass is 243 g/mol. The van der Waals surface area contributed by atoms with Crippen molar-refractivity contribution in [3.8, 4) is 0 Å². The smallest absolute Gasteiger partial charge is 0.326 e. The molecule has 4 nitrogen and oxygen atoms in total. The average molecular weight is 243 g/mol. The number of H-pyrrole nitrogens is 1. The number of hydrogen-bond donors (Lipinski definition) is 2. The molecule has 0 saturated carbocycles. The Morgan fingerprint density at radius 3 is 2.65 bits per heavy atom. The second-order valence-electron chi connectivity index (χ2n) is 3.47. The molecule has 1 aromatic heterocycles. The van der Waals surface area contributed by atoms with Gasteiger partial charge in [0.05, 0.1) is 10.9 Å². The fourth-order valence-corrected chi connectivity index (χ4v) is 1.45. The Kier molecular flexibility index (Phi) is 2.62. The van der Waals surface area contributed by atoms with Crippen LogP contribution < -0.4 is 11.3 Å². The van der Waals surface area contributed by atoms with Crippen LogP contribution in [-0.2, 0) is 12.7 Å². The predicted octanol–water partition coefficient (Wildman–Crippen LogP) is 1.40. The van der Waals surface area contributed by atoms with Gasteiger partial charge in [-0.25, -0.2) is 4.98 Å². The van der Waals surface area contributed by atoms with Crippen molar-refractivity contribution < 1.29 is 13.2 Å². The Morgan fingerprint density at radius 1 is 1.35 bits per heavy atom. The molecule has 0 amide bonds. The minimum atomic E-state index is -4.67. The fraction of sp³-hybridized carbons (Fsp3) is 0.200. The minimum Gasteiger partial charge on any atom is -0.326 e. The number of nitrogens with one attached hydrogen (secondary N) is 1. The molecule has 1 aromatic carbocycles. The summed E-state index contributed by atoms with van der Waals surface area (Å²) in [6.45, 7) is 0.205. The molecule has 0 aliphatic heterocycles. The van der Waals surface area contributed by atoms with E-state index in [2.05, 4.69) is 4.98 Å². The molecule has 7 heteroatoms. The first-order chi connectivity index (χ1) is 7.91. The summed E-state index contributed by atoms with van der Waals surface area (Å²) in [5.74, 6) is -1.30. The number of fused-ring (bicyclic) bond motifs is 1. The zero-order valence-electron chi connectivity index (χ0n) is 8.51. The number of hydrogen-bond acceptors (Lipinski definition) is 3. The quantitative estimate of drug-likeness (QED) is 0.795. The highest BCUT2D eigenvalue weighted by Gasteiger charge is 2.34. The summed E-state index contributed by atoms with van der Waals surface area (Å²) < 4.78 is 37.2. The molecule has 17 heavy (non-hydrogen) atoms. The largest absolute Gasteiger partial charge is 0.449 e. The lowest BCUT2D eigenvalue weighted by Crippen LogP contribution is -2.19. The summed E-state index contributed by atoms with van der Waals surface area (Å²) in [4.78, 5) is 16.5. The number of nitrogens with two attached hydrogens (primary N) is 1. The van der Waals surface area contributed by atoms with Crippen molar-refractivity contribution in [2.75, 3.05) is 0 Å². The van der Waals surface area contributed by atoms with Crippen LogP contribution in [0.4, 0.5) is 13.2 Å². The van der Waals surface area contributed by atoms with E-state index < -0.39 is 17.6 Å². The second kappa shape index (κ2) is 3.85. The summed E-state index contributed by atoms with van der Waals surface area (Å²) in [7, 11) is 0. The first-order valence-electron chi connectivity index (χ1n) is 4.72. The molecule has 0 spiro atoms. The van der Waals surface area contributed by atoms with E-state index in [0.29, 0.717) is 5.56 Å². The molecule has 2 rings (SSSR count). The van der Waals surface area contributed by atoms with Crippen LogP contribution in [0, 0.1) is 0 Å². The summed E-state index contributed by atoms with van der Waals surface area (Å²) in [6, 6.07) is 4.32. The van der Waals surface area contributed by atoms with E-state index >= 15 is 0 Å². The maximum absolute atomic E-state index is 12.4. The minimum absolute atomic E-state index is 0.00160. The van der Waals surface area contributed by atoms with E-state index in [-0.39, 0.29) is 17.4 Å². The molecular formula is C10H8F3N3O. The molecule has 0 saturated heterocycles. The molecule has 0 aliphatic rings. The van der Waals surface area contributed by atoms with Crippen LogP contribution in [0.5, 0.6) is 0 Å².